The van der Waals surface area contributed by atoms with Crippen LogP contribution in [0.4, 0.5) is 10.5 Å². The molecule has 31 heavy (non-hydrogen) atoms. The number of rotatable bonds is 4. The number of fused-ring (bicyclic) bond motifs is 1. The Morgan fingerprint density at radius 3 is 2.74 bits per heavy atom. The number of amides is 5. The van der Waals surface area contributed by atoms with Crippen LogP contribution >= 0.6 is 22.9 Å². The molecule has 0 spiro atoms. The van der Waals surface area contributed by atoms with Crippen molar-refractivity contribution in [3.63, 3.8) is 0 Å². The van der Waals surface area contributed by atoms with Crippen molar-refractivity contribution in [1.29, 1.82) is 0 Å². The predicted molar refractivity (Wildman–Crippen MR) is 117 cm³/mol. The van der Waals surface area contributed by atoms with Gasteiger partial charge in [0.15, 0.2) is 0 Å². The van der Waals surface area contributed by atoms with Crippen LogP contribution in [0.3, 0.4) is 0 Å². The van der Waals surface area contributed by atoms with Crippen molar-refractivity contribution in [1.82, 2.24) is 15.5 Å². The first-order valence-corrected chi connectivity index (χ1v) is 11.0. The molecule has 1 unspecified atom stereocenters. The molecule has 3 N–H and O–H groups in total. The molecule has 4 rings (SSSR count). The van der Waals surface area contributed by atoms with Crippen LogP contribution in [-0.2, 0) is 22.7 Å². The van der Waals surface area contributed by atoms with Gasteiger partial charge in [0.2, 0.25) is 5.91 Å². The van der Waals surface area contributed by atoms with Crippen molar-refractivity contribution in [2.75, 3.05) is 5.32 Å². The molecule has 0 radical (unpaired) electrons. The molecule has 1 aromatic carbocycles. The zero-order valence-electron chi connectivity index (χ0n) is 17.0. The highest BCUT2D eigenvalue weighted by Gasteiger charge is 2.49. The number of urea groups is 1. The van der Waals surface area contributed by atoms with E-state index in [1.54, 1.807) is 19.1 Å². The summed E-state index contributed by atoms with van der Waals surface area (Å²) in [6.07, 6.45) is 0.503. The number of anilines is 1. The minimum atomic E-state index is -1.05. The fourth-order valence-electron chi connectivity index (χ4n) is 3.74. The number of halogens is 1. The molecule has 8 nitrogen and oxygen atoms in total. The van der Waals surface area contributed by atoms with E-state index in [1.165, 1.54) is 16.2 Å². The standard InChI is InChI=1S/C21H21ClN4O4S/c1-11-3-4-15(14(22)7-11)24-20(30)23-9-13-8-12-10-26(18(28)17(12)31-13)21(2)6-5-16(27)25-19(21)29/h3-4,7-8H,5-6,9-10H2,1-2H3,(H2,23,24,30)(H,25,27,29). The highest BCUT2D eigenvalue weighted by atomic mass is 35.5. The summed E-state index contributed by atoms with van der Waals surface area (Å²) in [4.78, 5) is 51.9. The minimum Gasteiger partial charge on any atom is -0.333 e. The molecule has 0 bridgehead atoms. The quantitative estimate of drug-likeness (QED) is 0.609. The number of thiophene rings is 1. The van der Waals surface area contributed by atoms with Gasteiger partial charge in [-0.15, -0.1) is 11.3 Å². The molecule has 1 saturated heterocycles. The monoisotopic (exact) mass is 460 g/mol. The topological polar surface area (TPSA) is 108 Å². The van der Waals surface area contributed by atoms with Gasteiger partial charge in [0.1, 0.15) is 5.54 Å². The molecule has 0 aliphatic carbocycles. The molecule has 2 aliphatic heterocycles. The third-order valence-electron chi connectivity index (χ3n) is 5.60. The first-order chi connectivity index (χ1) is 14.7. The van der Waals surface area contributed by atoms with Crippen molar-refractivity contribution in [3.05, 3.63) is 50.2 Å². The van der Waals surface area contributed by atoms with Gasteiger partial charge in [-0.1, -0.05) is 17.7 Å². The highest BCUT2D eigenvalue weighted by Crippen LogP contribution is 2.37. The lowest BCUT2D eigenvalue weighted by Gasteiger charge is -2.39. The van der Waals surface area contributed by atoms with Crippen molar-refractivity contribution < 1.29 is 19.2 Å². The zero-order chi connectivity index (χ0) is 22.3. The molecule has 0 saturated carbocycles. The van der Waals surface area contributed by atoms with E-state index in [1.807, 2.05) is 19.1 Å². The Labute approximate surface area is 187 Å². The van der Waals surface area contributed by atoms with Crippen LogP contribution in [0.1, 0.15) is 45.4 Å². The van der Waals surface area contributed by atoms with E-state index in [0.717, 1.165) is 16.0 Å². The van der Waals surface area contributed by atoms with Gasteiger partial charge in [0.25, 0.3) is 11.8 Å². The van der Waals surface area contributed by atoms with Crippen LogP contribution < -0.4 is 16.0 Å². The molecule has 5 amide bonds. The van der Waals surface area contributed by atoms with E-state index in [9.17, 15) is 19.2 Å². The summed E-state index contributed by atoms with van der Waals surface area (Å²) >= 11 is 7.43. The maximum Gasteiger partial charge on any atom is 0.319 e. The number of aryl methyl sites for hydroxylation is 1. The summed E-state index contributed by atoms with van der Waals surface area (Å²) in [7, 11) is 0. The number of hydrogen-bond donors (Lipinski definition) is 3. The summed E-state index contributed by atoms with van der Waals surface area (Å²) in [5.41, 5.74) is 1.28. The van der Waals surface area contributed by atoms with Crippen LogP contribution in [0.25, 0.3) is 0 Å². The number of piperidine rings is 1. The van der Waals surface area contributed by atoms with Crippen molar-refractivity contribution in [2.24, 2.45) is 0 Å². The summed E-state index contributed by atoms with van der Waals surface area (Å²) in [5.74, 6) is -0.989. The van der Waals surface area contributed by atoms with Crippen molar-refractivity contribution in [2.45, 2.75) is 45.3 Å². The molecule has 10 heteroatoms. The summed E-state index contributed by atoms with van der Waals surface area (Å²) in [6.45, 7) is 4.15. The minimum absolute atomic E-state index is 0.203. The summed E-state index contributed by atoms with van der Waals surface area (Å²) in [5, 5.41) is 8.25. The molecule has 3 heterocycles. The number of carbonyl (C=O) groups is 4. The van der Waals surface area contributed by atoms with Crippen LogP contribution in [0.15, 0.2) is 24.3 Å². The lowest BCUT2D eigenvalue weighted by Crippen LogP contribution is -2.61. The average Bonchev–Trinajstić information content (AvgIpc) is 3.25. The Morgan fingerprint density at radius 1 is 1.29 bits per heavy atom. The first kappa shape index (κ1) is 21.3. The van der Waals surface area contributed by atoms with E-state index < -0.39 is 17.5 Å². The lowest BCUT2D eigenvalue weighted by atomic mass is 9.89. The second kappa shape index (κ2) is 7.97. The Hall–Kier alpha value is -2.91. The molecule has 162 valence electrons. The lowest BCUT2D eigenvalue weighted by molar-refractivity contribution is -0.142. The SMILES string of the molecule is Cc1ccc(NC(=O)NCc2cc3c(s2)C(=O)N(C2(C)CCC(=O)NC2=O)C3)c(Cl)c1. The second-order valence-corrected chi connectivity index (χ2v) is 9.44. The smallest absolute Gasteiger partial charge is 0.319 e. The van der Waals surface area contributed by atoms with Gasteiger partial charge in [-0.2, -0.15) is 0 Å². The van der Waals surface area contributed by atoms with Gasteiger partial charge < -0.3 is 15.5 Å². The molecular formula is C21H21ClN4O4S. The van der Waals surface area contributed by atoms with E-state index in [2.05, 4.69) is 16.0 Å². The molecule has 1 atom stereocenters. The van der Waals surface area contributed by atoms with Gasteiger partial charge in [-0.05, 0) is 49.6 Å². The largest absolute Gasteiger partial charge is 0.333 e. The van der Waals surface area contributed by atoms with Gasteiger partial charge in [0, 0.05) is 17.8 Å². The van der Waals surface area contributed by atoms with Gasteiger partial charge >= 0.3 is 6.03 Å². The van der Waals surface area contributed by atoms with E-state index in [4.69, 9.17) is 11.6 Å². The number of benzene rings is 1. The Kier molecular flexibility index (Phi) is 5.49. The first-order valence-electron chi connectivity index (χ1n) is 9.76. The van der Waals surface area contributed by atoms with Gasteiger partial charge in [-0.3, -0.25) is 19.7 Å². The molecule has 1 aromatic heterocycles. The van der Waals surface area contributed by atoms with E-state index >= 15 is 0 Å². The van der Waals surface area contributed by atoms with Crippen LogP contribution in [0.5, 0.6) is 0 Å². The maximum absolute atomic E-state index is 12.9. The number of nitrogens with one attached hydrogen (secondary N) is 3. The normalized spacial score (nSPS) is 20.5. The third kappa shape index (κ3) is 4.03. The Morgan fingerprint density at radius 2 is 2.06 bits per heavy atom. The molecule has 1 fully saturated rings. The highest BCUT2D eigenvalue weighted by molar-refractivity contribution is 7.14. The number of hydrogen-bond acceptors (Lipinski definition) is 5. The fourth-order valence-corrected chi connectivity index (χ4v) is 5.08. The number of carbonyl (C=O) groups excluding carboxylic acids is 4. The maximum atomic E-state index is 12.9. The van der Waals surface area contributed by atoms with Gasteiger partial charge in [-0.25, -0.2) is 4.79 Å². The summed E-state index contributed by atoms with van der Waals surface area (Å²) < 4.78 is 0. The van der Waals surface area contributed by atoms with E-state index in [0.29, 0.717) is 28.6 Å². The molecular weight excluding hydrogens is 440 g/mol. The van der Waals surface area contributed by atoms with Crippen molar-refractivity contribution in [3.8, 4) is 0 Å². The van der Waals surface area contributed by atoms with Crippen LogP contribution in [0.2, 0.25) is 5.02 Å². The number of imide groups is 1. The zero-order valence-corrected chi connectivity index (χ0v) is 18.6. The van der Waals surface area contributed by atoms with Crippen LogP contribution in [-0.4, -0.2) is 34.2 Å². The Bertz CT molecular complexity index is 1110. The van der Waals surface area contributed by atoms with E-state index in [-0.39, 0.29) is 24.8 Å². The molecule has 2 aromatic rings. The Balaban J connectivity index is 1.38. The third-order valence-corrected chi connectivity index (χ3v) is 7.08. The predicted octanol–water partition coefficient (Wildman–Crippen LogP) is 3.18. The van der Waals surface area contributed by atoms with Gasteiger partial charge in [0.05, 0.1) is 22.1 Å². The van der Waals surface area contributed by atoms with Crippen molar-refractivity contribution >= 4 is 52.4 Å². The average molecular weight is 461 g/mol. The van der Waals surface area contributed by atoms with Crippen LogP contribution in [0, 0.1) is 6.92 Å². The fraction of sp³-hybridized carbons (Fsp3) is 0.333. The summed E-state index contributed by atoms with van der Waals surface area (Å²) in [6, 6.07) is 6.82. The second-order valence-electron chi connectivity index (χ2n) is 7.90. The molecule has 2 aliphatic rings. The number of nitrogens with zero attached hydrogens (tertiary/aromatic N) is 1.